The van der Waals surface area contributed by atoms with Gasteiger partial charge in [-0.15, -0.1) is 0 Å². The predicted octanol–water partition coefficient (Wildman–Crippen LogP) is 6.96. The molecule has 1 aromatic rings. The Bertz CT molecular complexity index is 513. The van der Waals surface area contributed by atoms with Crippen LogP contribution in [-0.4, -0.2) is 53.9 Å². The molecule has 27 heavy (non-hydrogen) atoms. The Hall–Kier alpha value is -0.250. The quantitative estimate of drug-likeness (QED) is 0.231. The van der Waals surface area contributed by atoms with Crippen LogP contribution >= 0.6 is 0 Å². The molecule has 152 valence electrons. The van der Waals surface area contributed by atoms with Crippen LogP contribution in [0.4, 0.5) is 0 Å². The third-order valence-corrected chi connectivity index (χ3v) is 5.11. The van der Waals surface area contributed by atoms with E-state index in [9.17, 15) is 9.90 Å². The van der Waals surface area contributed by atoms with E-state index in [4.69, 9.17) is 5.11 Å². The molecule has 0 saturated heterocycles. The summed E-state index contributed by atoms with van der Waals surface area (Å²) in [6.45, 7) is 2.27. The summed E-state index contributed by atoms with van der Waals surface area (Å²) < 4.78 is 0. The maximum absolute atomic E-state index is 11.0. The largest absolute Gasteiger partial charge is 2.00 e. The van der Waals surface area contributed by atoms with Crippen molar-refractivity contribution in [2.45, 2.75) is 103 Å². The molecule has 0 heterocycles. The van der Waals surface area contributed by atoms with Crippen LogP contribution in [0.2, 0.25) is 0 Å². The van der Waals surface area contributed by atoms with Crippen molar-refractivity contribution >= 4 is 43.7 Å². The summed E-state index contributed by atoms with van der Waals surface area (Å²) in [5, 5.41) is 18.5. The van der Waals surface area contributed by atoms with Crippen molar-refractivity contribution in [1.82, 2.24) is 0 Å². The van der Waals surface area contributed by atoms with Gasteiger partial charge in [0.2, 0.25) is 0 Å². The topological polar surface area (TPSA) is 57.5 Å². The van der Waals surface area contributed by atoms with E-state index in [0.717, 1.165) is 18.4 Å². The minimum absolute atomic E-state index is 0. The van der Waals surface area contributed by atoms with Gasteiger partial charge in [-0.3, -0.25) is 0 Å². The van der Waals surface area contributed by atoms with Crippen LogP contribution < -0.4 is 0 Å². The summed E-state index contributed by atoms with van der Waals surface area (Å²) >= 11 is 0. The van der Waals surface area contributed by atoms with E-state index in [1.165, 1.54) is 89.5 Å². The van der Waals surface area contributed by atoms with E-state index in [1.54, 1.807) is 6.07 Å². The zero-order valence-corrected chi connectivity index (χ0v) is 19.6. The number of carboxylic acid groups (broad SMARTS) is 1. The average Bonchev–Trinajstić information content (AvgIpc) is 2.63. The number of aromatic carboxylic acids is 1. The number of unbranched alkanes of at least 4 members (excludes halogenated alkanes) is 13. The first-order valence-corrected chi connectivity index (χ1v) is 10.7. The van der Waals surface area contributed by atoms with Gasteiger partial charge in [0.25, 0.3) is 0 Å². The molecule has 2 N–H and O–H groups in total. The van der Waals surface area contributed by atoms with Gasteiger partial charge < -0.3 is 13.1 Å². The number of hydrogen-bond acceptors (Lipinski definition) is 2. The molecule has 0 aromatic heterocycles. The molecular weight excluding hydrogens is 364 g/mol. The van der Waals surface area contributed by atoms with E-state index in [0.29, 0.717) is 0 Å². The van der Waals surface area contributed by atoms with E-state index < -0.39 is 5.97 Å². The van der Waals surface area contributed by atoms with Gasteiger partial charge in [-0.25, -0.2) is 4.79 Å². The predicted molar refractivity (Wildman–Crippen MR) is 117 cm³/mol. The maximum Gasteiger partial charge on any atom is 2.00 e. The fraction of sp³-hybridized carbons (Fsp3) is 0.696. The van der Waals surface area contributed by atoms with E-state index in [2.05, 4.69) is 6.92 Å². The molecule has 0 bridgehead atoms. The summed E-state index contributed by atoms with van der Waals surface area (Å²) in [4.78, 5) is 11.0. The molecule has 0 saturated carbocycles. The molecule has 1 rings (SSSR count). The fourth-order valence-electron chi connectivity index (χ4n) is 3.43. The Morgan fingerprint density at radius 3 is 1.70 bits per heavy atom. The Morgan fingerprint density at radius 2 is 1.26 bits per heavy atom. The van der Waals surface area contributed by atoms with Gasteiger partial charge in [-0.05, 0) is 30.5 Å². The normalized spacial score (nSPS) is 10.6. The summed E-state index contributed by atoms with van der Waals surface area (Å²) in [6, 6.07) is 4.91. The number of benzene rings is 1. The van der Waals surface area contributed by atoms with E-state index in [1.807, 2.05) is 6.07 Å². The molecule has 0 aliphatic heterocycles. The molecule has 0 radical (unpaired) electrons. The number of rotatable bonds is 16. The molecule has 0 unspecified atom stereocenters. The van der Waals surface area contributed by atoms with Crippen LogP contribution in [0.25, 0.3) is 0 Å². The molecule has 0 amide bonds. The maximum atomic E-state index is 11.0. The standard InChI is InChI=1S/C23H38O3.Ca.2H/c1-2-3-4-5-6-7-8-9-10-11-12-13-14-15-16-20-17-18-22(24)21(19-20)23(25)26;;;/h17-19,24H,2-16H2,1H3,(H,25,26);;;/q;+2;2*-1. The van der Waals surface area contributed by atoms with Crippen LogP contribution in [-0.2, 0) is 6.42 Å². The van der Waals surface area contributed by atoms with Crippen molar-refractivity contribution in [1.29, 1.82) is 0 Å². The van der Waals surface area contributed by atoms with Gasteiger partial charge in [0.1, 0.15) is 11.3 Å². The number of phenols is 1. The third kappa shape index (κ3) is 13.5. The first-order chi connectivity index (χ1) is 12.6. The Labute approximate surface area is 198 Å². The van der Waals surface area contributed by atoms with Crippen molar-refractivity contribution in [3.63, 3.8) is 0 Å². The van der Waals surface area contributed by atoms with Gasteiger partial charge in [-0.1, -0.05) is 96.5 Å². The molecule has 0 aliphatic carbocycles. The fourth-order valence-corrected chi connectivity index (χ4v) is 3.43. The van der Waals surface area contributed by atoms with Gasteiger partial charge in [0.15, 0.2) is 0 Å². The monoisotopic (exact) mass is 404 g/mol. The van der Waals surface area contributed by atoms with Crippen molar-refractivity contribution in [2.24, 2.45) is 0 Å². The van der Waals surface area contributed by atoms with Crippen LogP contribution in [0.15, 0.2) is 18.2 Å². The minimum Gasteiger partial charge on any atom is -1.00 e. The molecule has 0 fully saturated rings. The molecule has 0 aliphatic rings. The van der Waals surface area contributed by atoms with Crippen molar-refractivity contribution < 1.29 is 17.9 Å². The molecule has 1 aromatic carbocycles. The Morgan fingerprint density at radius 1 is 0.815 bits per heavy atom. The number of aryl methyl sites for hydroxylation is 1. The molecular formula is C23H40CaO3. The van der Waals surface area contributed by atoms with Crippen molar-refractivity contribution in [3.8, 4) is 5.75 Å². The zero-order valence-electron chi connectivity index (χ0n) is 19.3. The van der Waals surface area contributed by atoms with Crippen LogP contribution in [0.3, 0.4) is 0 Å². The van der Waals surface area contributed by atoms with E-state index >= 15 is 0 Å². The number of hydrogen-bond donors (Lipinski definition) is 2. The zero-order chi connectivity index (χ0) is 19.0. The number of carboxylic acids is 1. The second-order valence-electron chi connectivity index (χ2n) is 7.50. The van der Waals surface area contributed by atoms with Crippen LogP contribution in [0, 0.1) is 0 Å². The smallest absolute Gasteiger partial charge is 1.00 e. The number of aromatic hydroxyl groups is 1. The average molecular weight is 405 g/mol. The number of carbonyl (C=O) groups is 1. The SMILES string of the molecule is CCCCCCCCCCCCCCCCc1ccc(O)c(C(=O)O)c1.[Ca+2].[H-].[H-]. The van der Waals surface area contributed by atoms with Crippen LogP contribution in [0.5, 0.6) is 5.75 Å². The molecule has 4 heteroatoms. The molecule has 0 atom stereocenters. The summed E-state index contributed by atoms with van der Waals surface area (Å²) in [5.41, 5.74) is 1.01. The minimum atomic E-state index is -1.06. The van der Waals surface area contributed by atoms with E-state index in [-0.39, 0.29) is 51.9 Å². The van der Waals surface area contributed by atoms with Crippen LogP contribution in [0.1, 0.15) is 116 Å². The Balaban J connectivity index is -0.00000225. The van der Waals surface area contributed by atoms with Gasteiger partial charge in [0.05, 0.1) is 0 Å². The third-order valence-electron chi connectivity index (χ3n) is 5.11. The molecule has 0 spiro atoms. The first-order valence-electron chi connectivity index (χ1n) is 10.7. The van der Waals surface area contributed by atoms with Crippen molar-refractivity contribution in [3.05, 3.63) is 29.3 Å². The van der Waals surface area contributed by atoms with Gasteiger partial charge in [0, 0.05) is 0 Å². The molecule has 3 nitrogen and oxygen atoms in total. The van der Waals surface area contributed by atoms with Crippen molar-refractivity contribution in [2.75, 3.05) is 0 Å². The second-order valence-corrected chi connectivity index (χ2v) is 7.50. The summed E-state index contributed by atoms with van der Waals surface area (Å²) in [5.74, 6) is -1.22. The van der Waals surface area contributed by atoms with Gasteiger partial charge in [-0.2, -0.15) is 0 Å². The summed E-state index contributed by atoms with van der Waals surface area (Å²) in [7, 11) is 0. The van der Waals surface area contributed by atoms with Gasteiger partial charge >= 0.3 is 43.7 Å². The summed E-state index contributed by atoms with van der Waals surface area (Å²) in [6.07, 6.45) is 19.6. The Kier molecular flexibility index (Phi) is 17.7. The first kappa shape index (κ1) is 26.7. The second kappa shape index (κ2) is 17.8.